The van der Waals surface area contributed by atoms with Crippen molar-refractivity contribution in [1.82, 2.24) is 10.6 Å². The van der Waals surface area contributed by atoms with Crippen LogP contribution in [0.15, 0.2) is 4.99 Å². The Labute approximate surface area is 157 Å². The Bertz CT molecular complexity index is 345. The summed E-state index contributed by atoms with van der Waals surface area (Å²) in [4.78, 5) is 4.28. The number of ether oxygens (including phenoxy) is 3. The van der Waals surface area contributed by atoms with Crippen molar-refractivity contribution in [2.24, 2.45) is 10.4 Å². The predicted molar refractivity (Wildman–Crippen MR) is 103 cm³/mol. The summed E-state index contributed by atoms with van der Waals surface area (Å²) in [6.45, 7) is 5.06. The summed E-state index contributed by atoms with van der Waals surface area (Å²) in [5.41, 5.74) is 0.430. The Morgan fingerprint density at radius 3 is 2.74 bits per heavy atom. The molecule has 0 radical (unpaired) electrons. The van der Waals surface area contributed by atoms with Crippen LogP contribution in [0, 0.1) is 5.41 Å². The van der Waals surface area contributed by atoms with Crippen LogP contribution in [0.1, 0.15) is 32.1 Å². The monoisotopic (exact) mass is 441 g/mol. The molecule has 1 unspecified atom stereocenters. The van der Waals surface area contributed by atoms with Crippen LogP contribution in [-0.4, -0.2) is 65.7 Å². The Kier molecular flexibility index (Phi) is 10.4. The number of nitrogens with zero attached hydrogens (tertiary/aromatic N) is 1. The average molecular weight is 441 g/mol. The Balaban J connectivity index is 0.00000264. The highest BCUT2D eigenvalue weighted by Crippen LogP contribution is 2.48. The van der Waals surface area contributed by atoms with E-state index in [1.165, 1.54) is 12.8 Å². The number of hydrogen-bond acceptors (Lipinski definition) is 4. The van der Waals surface area contributed by atoms with Gasteiger partial charge in [-0.05, 0) is 37.5 Å². The molecule has 6 nitrogen and oxygen atoms in total. The van der Waals surface area contributed by atoms with Crippen molar-refractivity contribution in [3.8, 4) is 0 Å². The van der Waals surface area contributed by atoms with Gasteiger partial charge in [-0.2, -0.15) is 0 Å². The van der Waals surface area contributed by atoms with Crippen molar-refractivity contribution >= 4 is 29.9 Å². The van der Waals surface area contributed by atoms with Gasteiger partial charge < -0.3 is 24.8 Å². The van der Waals surface area contributed by atoms with Gasteiger partial charge in [0.1, 0.15) is 0 Å². The van der Waals surface area contributed by atoms with Crippen LogP contribution < -0.4 is 10.6 Å². The van der Waals surface area contributed by atoms with Gasteiger partial charge in [-0.25, -0.2) is 0 Å². The minimum absolute atomic E-state index is 0. The van der Waals surface area contributed by atoms with Gasteiger partial charge in [0.05, 0.1) is 12.7 Å². The minimum atomic E-state index is 0. The third-order valence-electron chi connectivity index (χ3n) is 4.50. The van der Waals surface area contributed by atoms with Crippen LogP contribution in [-0.2, 0) is 14.2 Å². The molecule has 2 rings (SSSR count). The number of methoxy groups -OCH3 is 1. The maximum Gasteiger partial charge on any atom is 0.190 e. The molecule has 0 aromatic rings. The molecule has 0 aromatic heterocycles. The number of hydrogen-bond donors (Lipinski definition) is 2. The zero-order valence-corrected chi connectivity index (χ0v) is 16.8. The molecule has 1 heterocycles. The zero-order valence-electron chi connectivity index (χ0n) is 14.4. The summed E-state index contributed by atoms with van der Waals surface area (Å²) in [6, 6.07) is 0. The van der Waals surface area contributed by atoms with Gasteiger partial charge in [0.2, 0.25) is 0 Å². The Hall–Kier alpha value is -0.120. The molecule has 0 spiro atoms. The molecule has 1 aliphatic heterocycles. The van der Waals surface area contributed by atoms with Crippen molar-refractivity contribution < 1.29 is 14.2 Å². The summed E-state index contributed by atoms with van der Waals surface area (Å²) in [5, 5.41) is 6.78. The molecule has 136 valence electrons. The van der Waals surface area contributed by atoms with E-state index in [9.17, 15) is 0 Å². The lowest BCUT2D eigenvalue weighted by Crippen LogP contribution is -2.41. The first-order valence-corrected chi connectivity index (χ1v) is 8.41. The molecule has 2 N–H and O–H groups in total. The molecular weight excluding hydrogens is 409 g/mol. The van der Waals surface area contributed by atoms with E-state index in [4.69, 9.17) is 14.2 Å². The molecule has 0 aromatic carbocycles. The van der Waals surface area contributed by atoms with Crippen molar-refractivity contribution in [2.75, 3.05) is 53.7 Å². The van der Waals surface area contributed by atoms with E-state index < -0.39 is 0 Å². The molecular formula is C16H32IN3O3. The van der Waals surface area contributed by atoms with E-state index in [-0.39, 0.29) is 24.0 Å². The van der Waals surface area contributed by atoms with Crippen molar-refractivity contribution in [1.29, 1.82) is 0 Å². The second-order valence-corrected chi connectivity index (χ2v) is 6.31. The van der Waals surface area contributed by atoms with Gasteiger partial charge in [0.15, 0.2) is 5.96 Å². The molecule has 2 fully saturated rings. The Morgan fingerprint density at radius 2 is 2.13 bits per heavy atom. The minimum Gasteiger partial charge on any atom is -0.385 e. The number of halogens is 1. The van der Waals surface area contributed by atoms with Gasteiger partial charge in [0.25, 0.3) is 0 Å². The maximum absolute atomic E-state index is 5.75. The number of aliphatic imine (C=N–C) groups is 1. The highest BCUT2D eigenvalue weighted by molar-refractivity contribution is 14.0. The van der Waals surface area contributed by atoms with Gasteiger partial charge in [-0.15, -0.1) is 24.0 Å². The van der Waals surface area contributed by atoms with Gasteiger partial charge in [-0.3, -0.25) is 4.99 Å². The quantitative estimate of drug-likeness (QED) is 0.234. The molecule has 0 amide bonds. The molecule has 1 saturated heterocycles. The number of rotatable bonds is 10. The molecule has 23 heavy (non-hydrogen) atoms. The molecule has 1 atom stereocenters. The summed E-state index contributed by atoms with van der Waals surface area (Å²) in [6.07, 6.45) is 6.01. The third kappa shape index (κ3) is 8.00. The summed E-state index contributed by atoms with van der Waals surface area (Å²) in [7, 11) is 3.58. The summed E-state index contributed by atoms with van der Waals surface area (Å²) >= 11 is 0. The van der Waals surface area contributed by atoms with E-state index in [1.54, 1.807) is 7.11 Å². The summed E-state index contributed by atoms with van der Waals surface area (Å²) < 4.78 is 16.2. The van der Waals surface area contributed by atoms with Gasteiger partial charge in [-0.1, -0.05) is 0 Å². The third-order valence-corrected chi connectivity index (χ3v) is 4.50. The first kappa shape index (κ1) is 20.9. The van der Waals surface area contributed by atoms with E-state index in [2.05, 4.69) is 15.6 Å². The van der Waals surface area contributed by atoms with Crippen molar-refractivity contribution in [2.45, 2.75) is 38.2 Å². The highest BCUT2D eigenvalue weighted by atomic mass is 127. The van der Waals surface area contributed by atoms with Crippen LogP contribution in [0.25, 0.3) is 0 Å². The molecule has 1 saturated carbocycles. The lowest BCUT2D eigenvalue weighted by atomic mass is 10.0. The molecule has 2 aliphatic rings. The van der Waals surface area contributed by atoms with Gasteiger partial charge >= 0.3 is 0 Å². The average Bonchev–Trinajstić information content (AvgIpc) is 3.12. The first-order chi connectivity index (χ1) is 10.8. The van der Waals surface area contributed by atoms with E-state index in [1.807, 2.05) is 7.05 Å². The molecule has 7 heteroatoms. The van der Waals surface area contributed by atoms with Crippen LogP contribution >= 0.6 is 24.0 Å². The van der Waals surface area contributed by atoms with Gasteiger partial charge in [0, 0.05) is 47.1 Å². The van der Waals surface area contributed by atoms with E-state index >= 15 is 0 Å². The zero-order chi connectivity index (χ0) is 15.7. The topological polar surface area (TPSA) is 64.1 Å². The lowest BCUT2D eigenvalue weighted by molar-refractivity contribution is 0.0420. The first-order valence-electron chi connectivity index (χ1n) is 8.41. The standard InChI is InChI=1S/C16H31N3O3.HI/c1-17-15(19-13-16(5-6-16)7-11-20-2)18-8-3-9-22-14-4-10-21-12-14;/h14H,3-13H2,1-2H3,(H2,17,18,19);1H. The SMILES string of the molecule is CN=C(NCCCOC1CCOC1)NCC1(CCOC)CC1.I. The fourth-order valence-electron chi connectivity index (χ4n) is 2.68. The molecule has 0 bridgehead atoms. The number of guanidine groups is 1. The predicted octanol–water partition coefficient (Wildman–Crippen LogP) is 1.78. The normalized spacial score (nSPS) is 22.5. The van der Waals surface area contributed by atoms with Crippen LogP contribution in [0.3, 0.4) is 0 Å². The van der Waals surface area contributed by atoms with Crippen LogP contribution in [0.5, 0.6) is 0 Å². The van der Waals surface area contributed by atoms with E-state index in [0.29, 0.717) is 11.5 Å². The fraction of sp³-hybridized carbons (Fsp3) is 0.938. The maximum atomic E-state index is 5.75. The second-order valence-electron chi connectivity index (χ2n) is 6.31. The van der Waals surface area contributed by atoms with Crippen molar-refractivity contribution in [3.05, 3.63) is 0 Å². The van der Waals surface area contributed by atoms with E-state index in [0.717, 1.165) is 64.7 Å². The lowest BCUT2D eigenvalue weighted by Gasteiger charge is -2.18. The molecule has 1 aliphatic carbocycles. The second kappa shape index (κ2) is 11.4. The fourth-order valence-corrected chi connectivity index (χ4v) is 2.68. The van der Waals surface area contributed by atoms with Crippen molar-refractivity contribution in [3.63, 3.8) is 0 Å². The van der Waals surface area contributed by atoms with Crippen LogP contribution in [0.2, 0.25) is 0 Å². The number of nitrogens with one attached hydrogen (secondary N) is 2. The van der Waals surface area contributed by atoms with Crippen LogP contribution in [0.4, 0.5) is 0 Å². The summed E-state index contributed by atoms with van der Waals surface area (Å²) in [5.74, 6) is 0.882. The smallest absolute Gasteiger partial charge is 0.190 e. The largest absolute Gasteiger partial charge is 0.385 e. The Morgan fingerprint density at radius 1 is 1.30 bits per heavy atom. The highest BCUT2D eigenvalue weighted by Gasteiger charge is 2.41.